The molecule has 0 spiro atoms. The van der Waals surface area contributed by atoms with Crippen molar-refractivity contribution >= 4 is 17.1 Å². The van der Waals surface area contributed by atoms with E-state index in [1.165, 1.54) is 25.7 Å². The molecule has 0 amide bonds. The summed E-state index contributed by atoms with van der Waals surface area (Å²) in [4.78, 5) is 0. The predicted octanol–water partition coefficient (Wildman–Crippen LogP) is 7.35. The molecule has 0 aliphatic heterocycles. The molecule has 0 aromatic heterocycles. The summed E-state index contributed by atoms with van der Waals surface area (Å²) in [7, 11) is -5.04. The van der Waals surface area contributed by atoms with Gasteiger partial charge in [0, 0.05) is 12.2 Å². The van der Waals surface area contributed by atoms with Crippen molar-refractivity contribution in [2.24, 2.45) is 0 Å². The second-order valence-corrected chi connectivity index (χ2v) is 14.1. The first-order valence-electron chi connectivity index (χ1n) is 11.1. The molecule has 0 bridgehead atoms. The highest BCUT2D eigenvalue weighted by atomic mass is 28.5. The second-order valence-electron chi connectivity index (χ2n) is 7.88. The van der Waals surface area contributed by atoms with Crippen LogP contribution in [0.5, 0.6) is 0 Å². The van der Waals surface area contributed by atoms with Gasteiger partial charge in [0.15, 0.2) is 0 Å². The van der Waals surface area contributed by atoms with Crippen molar-refractivity contribution in [2.75, 3.05) is 0 Å². The number of hydrogen-bond donors (Lipinski definition) is 0. The van der Waals surface area contributed by atoms with E-state index in [0.717, 1.165) is 38.5 Å². The summed E-state index contributed by atoms with van der Waals surface area (Å²) in [5, 5.41) is 0. The summed E-state index contributed by atoms with van der Waals surface area (Å²) in [6.45, 7) is 21.2. The van der Waals surface area contributed by atoms with Crippen LogP contribution >= 0.6 is 0 Å². The van der Waals surface area contributed by atoms with Gasteiger partial charge in [-0.15, -0.1) is 13.2 Å². The standard InChI is InChI=1S/C22H46O3Si2/c1-9-15-19-21(17-11-3)23-26(7,13-5)25-27(8,14-6)24-22(18-12-4)20-16-10-2/h13-14,21-22H,5-6,9-12,15-20H2,1-4,7-8H3. The van der Waals surface area contributed by atoms with Gasteiger partial charge in [0.25, 0.3) is 0 Å². The highest BCUT2D eigenvalue weighted by molar-refractivity contribution is 6.84. The van der Waals surface area contributed by atoms with Crippen molar-refractivity contribution in [3.63, 3.8) is 0 Å². The summed E-state index contributed by atoms with van der Waals surface area (Å²) >= 11 is 0. The van der Waals surface area contributed by atoms with Gasteiger partial charge in [-0.3, -0.25) is 0 Å². The molecule has 27 heavy (non-hydrogen) atoms. The van der Waals surface area contributed by atoms with Crippen molar-refractivity contribution in [1.29, 1.82) is 0 Å². The van der Waals surface area contributed by atoms with Crippen LogP contribution in [0, 0.1) is 0 Å². The van der Waals surface area contributed by atoms with Gasteiger partial charge in [-0.05, 0) is 38.8 Å². The van der Waals surface area contributed by atoms with Gasteiger partial charge < -0.3 is 13.0 Å². The second kappa shape index (κ2) is 14.7. The minimum absolute atomic E-state index is 0.249. The minimum Gasteiger partial charge on any atom is -0.409 e. The van der Waals surface area contributed by atoms with Crippen molar-refractivity contribution in [2.45, 2.75) is 117 Å². The van der Waals surface area contributed by atoms with Crippen LogP contribution in [0.15, 0.2) is 24.6 Å². The van der Waals surface area contributed by atoms with Gasteiger partial charge >= 0.3 is 17.1 Å². The smallest absolute Gasteiger partial charge is 0.352 e. The zero-order chi connectivity index (χ0) is 20.8. The van der Waals surface area contributed by atoms with Gasteiger partial charge in [0.2, 0.25) is 0 Å². The topological polar surface area (TPSA) is 27.7 Å². The fraction of sp³-hybridized carbons (Fsp3) is 0.818. The van der Waals surface area contributed by atoms with Crippen molar-refractivity contribution in [3.05, 3.63) is 24.6 Å². The molecule has 0 heterocycles. The van der Waals surface area contributed by atoms with E-state index in [4.69, 9.17) is 13.0 Å². The fourth-order valence-corrected chi connectivity index (χ4v) is 9.58. The molecule has 0 saturated heterocycles. The molecule has 0 aromatic rings. The molecule has 0 N–H and O–H groups in total. The maximum atomic E-state index is 6.63. The normalized spacial score (nSPS) is 18.3. The van der Waals surface area contributed by atoms with Crippen molar-refractivity contribution in [3.8, 4) is 0 Å². The number of hydrogen-bond acceptors (Lipinski definition) is 3. The van der Waals surface area contributed by atoms with Gasteiger partial charge in [-0.25, -0.2) is 0 Å². The molecule has 0 saturated carbocycles. The first kappa shape index (κ1) is 26.8. The monoisotopic (exact) mass is 414 g/mol. The molecule has 0 aliphatic carbocycles. The van der Waals surface area contributed by atoms with Crippen LogP contribution in [0.2, 0.25) is 13.1 Å². The van der Waals surface area contributed by atoms with E-state index < -0.39 is 17.1 Å². The Morgan fingerprint density at radius 3 is 1.30 bits per heavy atom. The van der Waals surface area contributed by atoms with Gasteiger partial charge in [-0.2, -0.15) is 0 Å². The lowest BCUT2D eigenvalue weighted by Crippen LogP contribution is -2.53. The van der Waals surface area contributed by atoms with Crippen LogP contribution < -0.4 is 0 Å². The Hall–Kier alpha value is -0.206. The zero-order valence-corrected chi connectivity index (χ0v) is 21.0. The quantitative estimate of drug-likeness (QED) is 0.219. The third-order valence-electron chi connectivity index (χ3n) is 4.93. The third kappa shape index (κ3) is 11.4. The number of unbranched alkanes of at least 4 members (excludes halogenated alkanes) is 2. The van der Waals surface area contributed by atoms with E-state index >= 15 is 0 Å². The Morgan fingerprint density at radius 1 is 0.667 bits per heavy atom. The van der Waals surface area contributed by atoms with E-state index in [0.29, 0.717) is 0 Å². The summed E-state index contributed by atoms with van der Waals surface area (Å²) in [6, 6.07) is 0. The maximum Gasteiger partial charge on any atom is 0.352 e. The Kier molecular flexibility index (Phi) is 14.6. The first-order chi connectivity index (χ1) is 12.8. The molecule has 0 radical (unpaired) electrons. The lowest BCUT2D eigenvalue weighted by atomic mass is 10.1. The molecule has 0 fully saturated rings. The Bertz CT molecular complexity index is 369. The average Bonchev–Trinajstić information content (AvgIpc) is 2.64. The van der Waals surface area contributed by atoms with Crippen LogP contribution in [-0.4, -0.2) is 29.3 Å². The molecule has 0 aliphatic rings. The maximum absolute atomic E-state index is 6.63. The van der Waals surface area contributed by atoms with Crippen LogP contribution in [0.25, 0.3) is 0 Å². The molecule has 0 aromatic carbocycles. The molecule has 4 atom stereocenters. The van der Waals surface area contributed by atoms with Gasteiger partial charge in [-0.1, -0.05) is 77.6 Å². The highest BCUT2D eigenvalue weighted by Crippen LogP contribution is 2.26. The summed E-state index contributed by atoms with van der Waals surface area (Å²) in [6.07, 6.45) is 11.8. The van der Waals surface area contributed by atoms with E-state index in [-0.39, 0.29) is 12.2 Å². The summed E-state index contributed by atoms with van der Waals surface area (Å²) < 4.78 is 19.7. The van der Waals surface area contributed by atoms with Gasteiger partial charge in [0.05, 0.1) is 0 Å². The van der Waals surface area contributed by atoms with E-state index in [9.17, 15) is 0 Å². The predicted molar refractivity (Wildman–Crippen MR) is 123 cm³/mol. The molecule has 4 unspecified atom stereocenters. The largest absolute Gasteiger partial charge is 0.409 e. The Labute approximate surface area is 172 Å². The molecule has 160 valence electrons. The molecular weight excluding hydrogens is 368 g/mol. The minimum atomic E-state index is -2.52. The molecule has 5 heteroatoms. The summed E-state index contributed by atoms with van der Waals surface area (Å²) in [5.74, 6) is 0. The molecular formula is C22H46O3Si2. The number of rotatable bonds is 18. The highest BCUT2D eigenvalue weighted by Gasteiger charge is 2.42. The Morgan fingerprint density at radius 2 is 1.04 bits per heavy atom. The van der Waals surface area contributed by atoms with Crippen molar-refractivity contribution in [1.82, 2.24) is 0 Å². The summed E-state index contributed by atoms with van der Waals surface area (Å²) in [5.41, 5.74) is 3.83. The van der Waals surface area contributed by atoms with Crippen LogP contribution in [0.4, 0.5) is 0 Å². The fourth-order valence-electron chi connectivity index (χ4n) is 3.32. The van der Waals surface area contributed by atoms with Crippen LogP contribution in [0.1, 0.15) is 91.9 Å². The lowest BCUT2D eigenvalue weighted by Gasteiger charge is -2.37. The lowest BCUT2D eigenvalue weighted by molar-refractivity contribution is 0.105. The molecule has 3 nitrogen and oxygen atoms in total. The van der Waals surface area contributed by atoms with Crippen LogP contribution in [0.3, 0.4) is 0 Å². The molecule has 0 rings (SSSR count). The van der Waals surface area contributed by atoms with Crippen molar-refractivity contribution < 1.29 is 13.0 Å². The van der Waals surface area contributed by atoms with Crippen LogP contribution in [-0.2, 0) is 13.0 Å². The van der Waals surface area contributed by atoms with E-state index in [1.54, 1.807) is 0 Å². The SMILES string of the molecule is C=C[Si](C)(OC(CCC)CCCC)O[Si](C)(C=C)OC(CCC)CCCC. The zero-order valence-electron chi connectivity index (χ0n) is 19.0. The Balaban J connectivity index is 5.17. The van der Waals surface area contributed by atoms with E-state index in [2.05, 4.69) is 53.9 Å². The first-order valence-corrected chi connectivity index (χ1v) is 15.9. The van der Waals surface area contributed by atoms with Gasteiger partial charge in [0.1, 0.15) is 0 Å². The third-order valence-corrected chi connectivity index (χ3v) is 11.3. The average molecular weight is 415 g/mol. The van der Waals surface area contributed by atoms with E-state index in [1.807, 2.05) is 11.4 Å².